The molecule has 0 aliphatic rings. The Morgan fingerprint density at radius 1 is 1.24 bits per heavy atom. The Morgan fingerprint density at radius 2 is 1.95 bits per heavy atom. The molecule has 1 aromatic heterocycles. The summed E-state index contributed by atoms with van der Waals surface area (Å²) in [5.74, 6) is 0. The zero-order valence-corrected chi connectivity index (χ0v) is 13.4. The van der Waals surface area contributed by atoms with Gasteiger partial charge in [0.15, 0.2) is 0 Å². The van der Waals surface area contributed by atoms with E-state index in [0.717, 1.165) is 17.7 Å². The maximum atomic E-state index is 12.5. The summed E-state index contributed by atoms with van der Waals surface area (Å²) in [4.78, 5) is 0.279. The van der Waals surface area contributed by atoms with Gasteiger partial charge >= 0.3 is 0 Å². The zero-order valence-electron chi connectivity index (χ0n) is 12.6. The lowest BCUT2D eigenvalue weighted by atomic mass is 10.1. The van der Waals surface area contributed by atoms with Gasteiger partial charge < -0.3 is 9.88 Å². The molecule has 0 fully saturated rings. The molecule has 0 unspecified atom stereocenters. The van der Waals surface area contributed by atoms with E-state index in [1.54, 1.807) is 18.3 Å². The Labute approximate surface area is 126 Å². The lowest BCUT2D eigenvalue weighted by Crippen LogP contribution is -2.13. The van der Waals surface area contributed by atoms with Gasteiger partial charge in [0.25, 0.3) is 10.0 Å². The third-order valence-corrected chi connectivity index (χ3v) is 4.73. The van der Waals surface area contributed by atoms with E-state index in [0.29, 0.717) is 12.2 Å². The first-order valence-corrected chi connectivity index (χ1v) is 8.36. The van der Waals surface area contributed by atoms with Crippen LogP contribution in [0.25, 0.3) is 0 Å². The highest BCUT2D eigenvalue weighted by Gasteiger charge is 2.18. The SMILES string of the molecule is CCc1ccccc1NS(=O)(=O)c1cc(CNC)n(C)c1. The van der Waals surface area contributed by atoms with Gasteiger partial charge in [-0.3, -0.25) is 4.72 Å². The van der Waals surface area contributed by atoms with Gasteiger partial charge in [-0.15, -0.1) is 0 Å². The smallest absolute Gasteiger partial charge is 0.263 e. The molecule has 0 aliphatic heterocycles. The van der Waals surface area contributed by atoms with E-state index in [1.807, 2.05) is 43.8 Å². The number of nitrogens with one attached hydrogen (secondary N) is 2. The zero-order chi connectivity index (χ0) is 15.5. The molecule has 0 saturated carbocycles. The highest BCUT2D eigenvalue weighted by atomic mass is 32.2. The fourth-order valence-electron chi connectivity index (χ4n) is 2.21. The van der Waals surface area contributed by atoms with Crippen LogP contribution in [0, 0.1) is 0 Å². The van der Waals surface area contributed by atoms with Crippen molar-refractivity contribution in [3.63, 3.8) is 0 Å². The average Bonchev–Trinajstić information content (AvgIpc) is 2.82. The first-order chi connectivity index (χ1) is 9.97. The average molecular weight is 307 g/mol. The van der Waals surface area contributed by atoms with Crippen LogP contribution in [0.5, 0.6) is 0 Å². The standard InChI is InChI=1S/C15H21N3O2S/c1-4-12-7-5-6-8-15(12)17-21(19,20)14-9-13(10-16-2)18(3)11-14/h5-9,11,16-17H,4,10H2,1-3H3. The molecular formula is C15H21N3O2S. The molecule has 0 bridgehead atoms. The van der Waals surface area contributed by atoms with Gasteiger partial charge in [0.2, 0.25) is 0 Å². The Kier molecular flexibility index (Phi) is 4.69. The first kappa shape index (κ1) is 15.6. The van der Waals surface area contributed by atoms with E-state index in [9.17, 15) is 8.42 Å². The second kappa shape index (κ2) is 6.32. The van der Waals surface area contributed by atoms with Crippen molar-refractivity contribution in [3.8, 4) is 0 Å². The third kappa shape index (κ3) is 3.46. The number of anilines is 1. The number of benzene rings is 1. The molecular weight excluding hydrogens is 286 g/mol. The molecule has 2 rings (SSSR count). The molecule has 0 spiro atoms. The fraction of sp³-hybridized carbons (Fsp3) is 0.333. The van der Waals surface area contributed by atoms with E-state index in [1.165, 1.54) is 0 Å². The Morgan fingerprint density at radius 3 is 2.62 bits per heavy atom. The highest BCUT2D eigenvalue weighted by molar-refractivity contribution is 7.92. The Bertz CT molecular complexity index is 720. The summed E-state index contributed by atoms with van der Waals surface area (Å²) in [7, 11) is 0.105. The molecule has 2 aromatic rings. The highest BCUT2D eigenvalue weighted by Crippen LogP contribution is 2.21. The quantitative estimate of drug-likeness (QED) is 0.859. The van der Waals surface area contributed by atoms with Crippen molar-refractivity contribution in [2.24, 2.45) is 7.05 Å². The van der Waals surface area contributed by atoms with Crippen molar-refractivity contribution in [3.05, 3.63) is 47.8 Å². The van der Waals surface area contributed by atoms with E-state index >= 15 is 0 Å². The number of hydrogen-bond acceptors (Lipinski definition) is 3. The van der Waals surface area contributed by atoms with Gasteiger partial charge in [0.05, 0.1) is 5.69 Å². The van der Waals surface area contributed by atoms with E-state index in [-0.39, 0.29) is 4.90 Å². The molecule has 0 atom stereocenters. The van der Waals surface area contributed by atoms with Crippen molar-refractivity contribution in [2.45, 2.75) is 24.8 Å². The molecule has 0 amide bonds. The summed E-state index contributed by atoms with van der Waals surface area (Å²) < 4.78 is 29.5. The van der Waals surface area contributed by atoms with Crippen LogP contribution in [-0.4, -0.2) is 20.0 Å². The molecule has 6 heteroatoms. The van der Waals surface area contributed by atoms with Crippen LogP contribution in [0.15, 0.2) is 41.4 Å². The number of nitrogens with zero attached hydrogens (tertiary/aromatic N) is 1. The summed E-state index contributed by atoms with van der Waals surface area (Å²) in [5.41, 5.74) is 2.54. The predicted octanol–water partition coefficient (Wildman–Crippen LogP) is 2.11. The summed E-state index contributed by atoms with van der Waals surface area (Å²) in [6, 6.07) is 9.13. The van der Waals surface area contributed by atoms with E-state index in [2.05, 4.69) is 10.0 Å². The minimum atomic E-state index is -3.56. The summed E-state index contributed by atoms with van der Waals surface area (Å²) in [6.45, 7) is 2.62. The molecule has 0 saturated heterocycles. The first-order valence-electron chi connectivity index (χ1n) is 6.88. The van der Waals surface area contributed by atoms with E-state index < -0.39 is 10.0 Å². The molecule has 5 nitrogen and oxygen atoms in total. The Balaban J connectivity index is 2.32. The largest absolute Gasteiger partial charge is 0.352 e. The summed E-state index contributed by atoms with van der Waals surface area (Å²) >= 11 is 0. The number of rotatable bonds is 6. The van der Waals surface area contributed by atoms with E-state index in [4.69, 9.17) is 0 Å². The van der Waals surface area contributed by atoms with Gasteiger partial charge in [0.1, 0.15) is 4.90 Å². The van der Waals surface area contributed by atoms with Crippen LogP contribution in [0.3, 0.4) is 0 Å². The minimum absolute atomic E-state index is 0.279. The number of hydrogen-bond donors (Lipinski definition) is 2. The predicted molar refractivity (Wildman–Crippen MR) is 84.8 cm³/mol. The lowest BCUT2D eigenvalue weighted by Gasteiger charge is -2.10. The molecule has 0 radical (unpaired) electrons. The molecule has 1 aromatic carbocycles. The van der Waals surface area contributed by atoms with Crippen molar-refractivity contribution in [2.75, 3.05) is 11.8 Å². The molecule has 0 aliphatic carbocycles. The van der Waals surface area contributed by atoms with Crippen LogP contribution < -0.4 is 10.0 Å². The molecule has 1 heterocycles. The van der Waals surface area contributed by atoms with Gasteiger partial charge in [-0.05, 0) is 31.2 Å². The summed E-state index contributed by atoms with van der Waals surface area (Å²) in [6.07, 6.45) is 2.40. The van der Waals surface area contributed by atoms with Crippen molar-refractivity contribution in [1.29, 1.82) is 0 Å². The summed E-state index contributed by atoms with van der Waals surface area (Å²) in [5, 5.41) is 3.02. The van der Waals surface area contributed by atoms with Gasteiger partial charge in [-0.25, -0.2) is 8.42 Å². The van der Waals surface area contributed by atoms with Crippen molar-refractivity contribution >= 4 is 15.7 Å². The topological polar surface area (TPSA) is 63.1 Å². The van der Waals surface area contributed by atoms with Crippen molar-refractivity contribution < 1.29 is 8.42 Å². The molecule has 2 N–H and O–H groups in total. The fourth-order valence-corrected chi connectivity index (χ4v) is 3.41. The second-order valence-electron chi connectivity index (χ2n) is 4.92. The second-order valence-corrected chi connectivity index (χ2v) is 6.61. The van der Waals surface area contributed by atoms with Gasteiger partial charge in [0, 0.05) is 25.5 Å². The van der Waals surface area contributed by atoms with Crippen LogP contribution in [0.1, 0.15) is 18.2 Å². The lowest BCUT2D eigenvalue weighted by molar-refractivity contribution is 0.601. The maximum Gasteiger partial charge on any atom is 0.263 e. The van der Waals surface area contributed by atoms with Crippen LogP contribution >= 0.6 is 0 Å². The number of aryl methyl sites for hydroxylation is 2. The number of sulfonamides is 1. The minimum Gasteiger partial charge on any atom is -0.352 e. The number of para-hydroxylation sites is 1. The normalized spacial score (nSPS) is 11.6. The molecule has 114 valence electrons. The van der Waals surface area contributed by atoms with Crippen LogP contribution in [-0.2, 0) is 30.0 Å². The van der Waals surface area contributed by atoms with Crippen molar-refractivity contribution in [1.82, 2.24) is 9.88 Å². The maximum absolute atomic E-state index is 12.5. The Hall–Kier alpha value is -1.79. The third-order valence-electron chi connectivity index (χ3n) is 3.39. The molecule has 21 heavy (non-hydrogen) atoms. The van der Waals surface area contributed by atoms with Gasteiger partial charge in [-0.2, -0.15) is 0 Å². The van der Waals surface area contributed by atoms with Crippen LogP contribution in [0.2, 0.25) is 0 Å². The number of aromatic nitrogens is 1. The van der Waals surface area contributed by atoms with Crippen LogP contribution in [0.4, 0.5) is 5.69 Å². The monoisotopic (exact) mass is 307 g/mol. The van der Waals surface area contributed by atoms with Gasteiger partial charge in [-0.1, -0.05) is 25.1 Å².